The number of rotatable bonds is 4. The molecule has 0 aliphatic heterocycles. The lowest BCUT2D eigenvalue weighted by molar-refractivity contribution is -0.149. The minimum absolute atomic E-state index is 0.109. The average molecular weight is 243 g/mol. The molecule has 1 aliphatic rings. The molecule has 0 radical (unpaired) electrons. The highest BCUT2D eigenvalue weighted by Crippen LogP contribution is 2.37. The molecule has 1 rings (SSSR count). The molecule has 0 heterocycles. The molecular weight excluding hydrogens is 222 g/mol. The van der Waals surface area contributed by atoms with Gasteiger partial charge in [-0.25, -0.2) is 0 Å². The molecule has 5 nitrogen and oxygen atoms in total. The van der Waals surface area contributed by atoms with Crippen LogP contribution in [-0.4, -0.2) is 46.7 Å². The summed E-state index contributed by atoms with van der Waals surface area (Å²) in [6, 6.07) is -0.271. The fourth-order valence-electron chi connectivity index (χ4n) is 2.44. The van der Waals surface area contributed by atoms with E-state index in [0.29, 0.717) is 12.8 Å². The van der Waals surface area contributed by atoms with Crippen molar-refractivity contribution in [3.8, 4) is 0 Å². The number of carboxylic acid groups (broad SMARTS) is 1. The van der Waals surface area contributed by atoms with E-state index in [1.54, 1.807) is 14.0 Å². The highest BCUT2D eigenvalue weighted by atomic mass is 16.4. The Morgan fingerprint density at radius 3 is 2.35 bits per heavy atom. The van der Waals surface area contributed by atoms with Gasteiger partial charge in [-0.15, -0.1) is 0 Å². The molecule has 0 spiro atoms. The summed E-state index contributed by atoms with van der Waals surface area (Å²) in [4.78, 5) is 24.7. The molecule has 1 saturated carbocycles. The normalized spacial score (nSPS) is 30.0. The van der Waals surface area contributed by atoms with Crippen molar-refractivity contribution in [2.75, 3.05) is 13.7 Å². The fourth-order valence-corrected chi connectivity index (χ4v) is 2.44. The van der Waals surface area contributed by atoms with E-state index in [2.05, 4.69) is 0 Å². The Morgan fingerprint density at radius 1 is 1.35 bits per heavy atom. The number of aliphatic hydroxyl groups excluding tert-OH is 1. The van der Waals surface area contributed by atoms with Gasteiger partial charge < -0.3 is 15.1 Å². The van der Waals surface area contributed by atoms with E-state index in [1.165, 1.54) is 4.90 Å². The van der Waals surface area contributed by atoms with Crippen molar-refractivity contribution < 1.29 is 19.8 Å². The quantitative estimate of drug-likeness (QED) is 0.757. The monoisotopic (exact) mass is 243 g/mol. The van der Waals surface area contributed by atoms with Crippen molar-refractivity contribution in [3.05, 3.63) is 0 Å². The number of likely N-dealkylation sites (N-methyl/N-ethyl adjacent to an activating group) is 1. The second-order valence-corrected chi connectivity index (χ2v) is 5.11. The van der Waals surface area contributed by atoms with Gasteiger partial charge in [-0.2, -0.15) is 0 Å². The van der Waals surface area contributed by atoms with Gasteiger partial charge >= 0.3 is 5.97 Å². The van der Waals surface area contributed by atoms with Crippen molar-refractivity contribution in [1.82, 2.24) is 4.90 Å². The number of amides is 1. The molecule has 0 saturated heterocycles. The van der Waals surface area contributed by atoms with Crippen LogP contribution >= 0.6 is 0 Å². The van der Waals surface area contributed by atoms with Crippen molar-refractivity contribution >= 4 is 11.9 Å². The highest BCUT2D eigenvalue weighted by molar-refractivity contribution is 5.85. The molecular formula is C12H21NO4. The Labute approximate surface area is 101 Å². The molecule has 17 heavy (non-hydrogen) atoms. The Kier molecular flexibility index (Phi) is 4.51. The van der Waals surface area contributed by atoms with Gasteiger partial charge in [0.15, 0.2) is 0 Å². The van der Waals surface area contributed by atoms with Crippen LogP contribution in [0.25, 0.3) is 0 Å². The van der Waals surface area contributed by atoms with Gasteiger partial charge in [0.05, 0.1) is 24.5 Å². The number of hydrogen-bond donors (Lipinski definition) is 2. The summed E-state index contributed by atoms with van der Waals surface area (Å²) in [5.41, 5.74) is 0. The second-order valence-electron chi connectivity index (χ2n) is 5.11. The zero-order valence-corrected chi connectivity index (χ0v) is 10.6. The number of nitrogens with zero attached hydrogens (tertiary/aromatic N) is 1. The van der Waals surface area contributed by atoms with Gasteiger partial charge in [0, 0.05) is 7.05 Å². The highest BCUT2D eigenvalue weighted by Gasteiger charge is 2.42. The molecule has 0 bridgehead atoms. The summed E-state index contributed by atoms with van der Waals surface area (Å²) in [6.45, 7) is 3.60. The smallest absolute Gasteiger partial charge is 0.307 e. The summed E-state index contributed by atoms with van der Waals surface area (Å²) in [5, 5.41) is 18.1. The summed E-state index contributed by atoms with van der Waals surface area (Å²) >= 11 is 0. The van der Waals surface area contributed by atoms with Crippen LogP contribution in [0.5, 0.6) is 0 Å². The third-order valence-electron chi connectivity index (χ3n) is 3.71. The maximum absolute atomic E-state index is 12.2. The van der Waals surface area contributed by atoms with E-state index in [9.17, 15) is 9.59 Å². The van der Waals surface area contributed by atoms with Gasteiger partial charge in [-0.05, 0) is 25.7 Å². The predicted molar refractivity (Wildman–Crippen MR) is 62.3 cm³/mol. The third kappa shape index (κ3) is 2.97. The minimum atomic E-state index is -0.891. The number of carboxylic acids is 1. The van der Waals surface area contributed by atoms with Gasteiger partial charge in [0.2, 0.25) is 5.91 Å². The van der Waals surface area contributed by atoms with E-state index in [1.807, 2.05) is 6.92 Å². The van der Waals surface area contributed by atoms with Crippen LogP contribution in [0.4, 0.5) is 0 Å². The van der Waals surface area contributed by atoms with E-state index < -0.39 is 17.8 Å². The minimum Gasteiger partial charge on any atom is -0.481 e. The summed E-state index contributed by atoms with van der Waals surface area (Å²) in [7, 11) is 1.62. The topological polar surface area (TPSA) is 77.8 Å². The Bertz CT molecular complexity index is 305. The van der Waals surface area contributed by atoms with Crippen LogP contribution in [-0.2, 0) is 9.59 Å². The van der Waals surface area contributed by atoms with Crippen LogP contribution in [0.2, 0.25) is 0 Å². The largest absolute Gasteiger partial charge is 0.481 e. The number of aliphatic carboxylic acids is 1. The molecule has 98 valence electrons. The van der Waals surface area contributed by atoms with Crippen LogP contribution < -0.4 is 0 Å². The molecule has 0 aromatic rings. The van der Waals surface area contributed by atoms with E-state index in [0.717, 1.165) is 0 Å². The zero-order valence-electron chi connectivity index (χ0n) is 10.6. The van der Waals surface area contributed by atoms with Crippen LogP contribution in [0, 0.1) is 17.8 Å². The van der Waals surface area contributed by atoms with E-state index in [4.69, 9.17) is 10.2 Å². The predicted octanol–water partition coefficient (Wildman–Crippen LogP) is 0.573. The molecule has 0 aromatic heterocycles. The molecule has 1 aliphatic carbocycles. The molecule has 1 amide bonds. The lowest BCUT2D eigenvalue weighted by Gasteiger charge is -2.27. The average Bonchev–Trinajstić information content (AvgIpc) is 2.68. The van der Waals surface area contributed by atoms with Crippen molar-refractivity contribution in [1.29, 1.82) is 0 Å². The first kappa shape index (κ1) is 14.0. The lowest BCUT2D eigenvalue weighted by Crippen LogP contribution is -2.43. The second kappa shape index (κ2) is 5.49. The summed E-state index contributed by atoms with van der Waals surface area (Å²) < 4.78 is 0. The standard InChI is InChI=1S/C12H21NO4/c1-7-4-9(10(5-7)12(16)17)11(15)13(3)8(2)6-14/h7-10,14H,4-6H2,1-3H3,(H,16,17)/t7?,8?,9-,10+/m0/s1. The van der Waals surface area contributed by atoms with Gasteiger partial charge in [0.25, 0.3) is 0 Å². The number of hydrogen-bond acceptors (Lipinski definition) is 3. The van der Waals surface area contributed by atoms with Crippen LogP contribution in [0.15, 0.2) is 0 Å². The van der Waals surface area contributed by atoms with E-state index >= 15 is 0 Å². The van der Waals surface area contributed by atoms with Gasteiger partial charge in [0.1, 0.15) is 0 Å². The maximum atomic E-state index is 12.2. The number of carbonyl (C=O) groups is 2. The molecule has 2 unspecified atom stereocenters. The molecule has 0 aromatic carbocycles. The lowest BCUT2D eigenvalue weighted by atomic mass is 9.94. The first-order chi connectivity index (χ1) is 7.88. The summed E-state index contributed by atoms with van der Waals surface area (Å²) in [5.74, 6) is -1.81. The third-order valence-corrected chi connectivity index (χ3v) is 3.71. The molecule has 2 N–H and O–H groups in total. The first-order valence-corrected chi connectivity index (χ1v) is 5.98. The van der Waals surface area contributed by atoms with Gasteiger partial charge in [-0.1, -0.05) is 6.92 Å². The molecule has 4 atom stereocenters. The number of carbonyl (C=O) groups excluding carboxylic acids is 1. The van der Waals surface area contributed by atoms with Crippen molar-refractivity contribution in [2.24, 2.45) is 17.8 Å². The number of aliphatic hydroxyl groups is 1. The fraction of sp³-hybridized carbons (Fsp3) is 0.833. The van der Waals surface area contributed by atoms with Crippen LogP contribution in [0.3, 0.4) is 0 Å². The molecule has 1 fully saturated rings. The van der Waals surface area contributed by atoms with Crippen LogP contribution in [0.1, 0.15) is 26.7 Å². The van der Waals surface area contributed by atoms with E-state index in [-0.39, 0.29) is 24.5 Å². The van der Waals surface area contributed by atoms with Crippen molar-refractivity contribution in [2.45, 2.75) is 32.7 Å². The Morgan fingerprint density at radius 2 is 1.88 bits per heavy atom. The summed E-state index contributed by atoms with van der Waals surface area (Å²) in [6.07, 6.45) is 1.19. The first-order valence-electron chi connectivity index (χ1n) is 5.98. The Balaban J connectivity index is 2.77. The van der Waals surface area contributed by atoms with Crippen molar-refractivity contribution in [3.63, 3.8) is 0 Å². The Hall–Kier alpha value is -1.10. The van der Waals surface area contributed by atoms with Gasteiger partial charge in [-0.3, -0.25) is 9.59 Å². The zero-order chi connectivity index (χ0) is 13.2. The maximum Gasteiger partial charge on any atom is 0.307 e. The SMILES string of the molecule is CC1C[C@H](C(=O)N(C)C(C)CO)[C@H](C(=O)O)C1. The molecule has 5 heteroatoms.